The van der Waals surface area contributed by atoms with E-state index in [2.05, 4.69) is 0 Å². The smallest absolute Gasteiger partial charge is 0.332 e. The van der Waals surface area contributed by atoms with E-state index in [-0.39, 0.29) is 18.5 Å². The van der Waals surface area contributed by atoms with Crippen LogP contribution in [0.3, 0.4) is 0 Å². The molecule has 6 nitrogen and oxygen atoms in total. The maximum Gasteiger partial charge on any atom is 0.332 e. The first-order valence-corrected chi connectivity index (χ1v) is 8.61. The normalized spacial score (nSPS) is 10.9. The van der Waals surface area contributed by atoms with E-state index in [1.807, 2.05) is 0 Å². The SMILES string of the molecule is CCOC(=O)Cn1c(=O)c2cc(Cl)ccc2n(Cc2ccc(F)cc2)c1=O. The van der Waals surface area contributed by atoms with E-state index >= 15 is 0 Å². The summed E-state index contributed by atoms with van der Waals surface area (Å²) in [4.78, 5) is 37.5. The standard InChI is InChI=1S/C19H16ClFN2O4/c1-2-27-17(24)11-23-18(25)15-9-13(20)5-8-16(15)22(19(23)26)10-12-3-6-14(21)7-4-12/h3-9H,2,10-11H2,1H3. The highest BCUT2D eigenvalue weighted by Gasteiger charge is 2.16. The number of hydrogen-bond acceptors (Lipinski definition) is 4. The van der Waals surface area contributed by atoms with Gasteiger partial charge in [-0.2, -0.15) is 0 Å². The Morgan fingerprint density at radius 1 is 1.11 bits per heavy atom. The number of halogens is 2. The van der Waals surface area contributed by atoms with Crippen molar-refractivity contribution >= 4 is 28.5 Å². The van der Waals surface area contributed by atoms with Crippen molar-refractivity contribution in [3.8, 4) is 0 Å². The fourth-order valence-electron chi connectivity index (χ4n) is 2.80. The van der Waals surface area contributed by atoms with Gasteiger partial charge in [0.15, 0.2) is 0 Å². The lowest BCUT2D eigenvalue weighted by Crippen LogP contribution is -2.42. The monoisotopic (exact) mass is 390 g/mol. The Morgan fingerprint density at radius 3 is 2.48 bits per heavy atom. The number of hydrogen-bond donors (Lipinski definition) is 0. The number of nitrogens with zero attached hydrogens (tertiary/aromatic N) is 2. The molecule has 0 amide bonds. The third kappa shape index (κ3) is 3.93. The molecule has 0 bridgehead atoms. The van der Waals surface area contributed by atoms with Crippen LogP contribution in [0, 0.1) is 5.82 Å². The summed E-state index contributed by atoms with van der Waals surface area (Å²) in [6.07, 6.45) is 0. The van der Waals surface area contributed by atoms with Crippen LogP contribution in [0.15, 0.2) is 52.1 Å². The van der Waals surface area contributed by atoms with E-state index in [4.69, 9.17) is 16.3 Å². The first kappa shape index (κ1) is 18.8. The first-order chi connectivity index (χ1) is 12.9. The van der Waals surface area contributed by atoms with Gasteiger partial charge in [0.25, 0.3) is 5.56 Å². The van der Waals surface area contributed by atoms with E-state index < -0.39 is 29.6 Å². The number of carbonyl (C=O) groups is 1. The van der Waals surface area contributed by atoms with E-state index in [0.29, 0.717) is 16.1 Å². The van der Waals surface area contributed by atoms with Gasteiger partial charge in [-0.05, 0) is 42.8 Å². The zero-order chi connectivity index (χ0) is 19.6. The fourth-order valence-corrected chi connectivity index (χ4v) is 2.97. The van der Waals surface area contributed by atoms with Gasteiger partial charge in [-0.15, -0.1) is 0 Å². The summed E-state index contributed by atoms with van der Waals surface area (Å²) < 4.78 is 20.2. The highest BCUT2D eigenvalue weighted by atomic mass is 35.5. The van der Waals surface area contributed by atoms with Crippen molar-refractivity contribution in [2.45, 2.75) is 20.0 Å². The summed E-state index contributed by atoms with van der Waals surface area (Å²) in [5.41, 5.74) is -0.247. The van der Waals surface area contributed by atoms with Gasteiger partial charge in [0, 0.05) is 5.02 Å². The van der Waals surface area contributed by atoms with Crippen LogP contribution < -0.4 is 11.2 Å². The molecule has 2 aromatic carbocycles. The van der Waals surface area contributed by atoms with Crippen molar-refractivity contribution in [2.24, 2.45) is 0 Å². The minimum atomic E-state index is -0.689. The van der Waals surface area contributed by atoms with Crippen LogP contribution >= 0.6 is 11.6 Å². The van der Waals surface area contributed by atoms with E-state index in [1.54, 1.807) is 31.2 Å². The predicted molar refractivity (Wildman–Crippen MR) is 99.6 cm³/mol. The second kappa shape index (κ2) is 7.75. The Hall–Kier alpha value is -2.93. The highest BCUT2D eigenvalue weighted by molar-refractivity contribution is 6.31. The Kier molecular flexibility index (Phi) is 5.41. The molecule has 8 heteroatoms. The van der Waals surface area contributed by atoms with Gasteiger partial charge >= 0.3 is 11.7 Å². The molecular formula is C19H16ClFN2O4. The molecule has 0 atom stereocenters. The second-order valence-electron chi connectivity index (χ2n) is 5.85. The van der Waals surface area contributed by atoms with Crippen LogP contribution in [-0.4, -0.2) is 21.7 Å². The number of ether oxygens (including phenoxy) is 1. The van der Waals surface area contributed by atoms with Gasteiger partial charge in [0.2, 0.25) is 0 Å². The third-order valence-corrected chi connectivity index (χ3v) is 4.27. The lowest BCUT2D eigenvalue weighted by molar-refractivity contribution is -0.143. The molecule has 0 unspecified atom stereocenters. The Morgan fingerprint density at radius 2 is 1.81 bits per heavy atom. The molecular weight excluding hydrogens is 375 g/mol. The van der Waals surface area contributed by atoms with E-state index in [9.17, 15) is 18.8 Å². The molecule has 0 saturated heterocycles. The molecule has 0 aliphatic rings. The van der Waals surface area contributed by atoms with Crippen molar-refractivity contribution in [1.29, 1.82) is 0 Å². The van der Waals surface area contributed by atoms with Crippen molar-refractivity contribution in [2.75, 3.05) is 6.61 Å². The molecule has 0 N–H and O–H groups in total. The number of fused-ring (bicyclic) bond motifs is 1. The summed E-state index contributed by atoms with van der Waals surface area (Å²) in [5, 5.41) is 0.530. The lowest BCUT2D eigenvalue weighted by atomic mass is 10.2. The van der Waals surface area contributed by atoms with Crippen LogP contribution in [0.1, 0.15) is 12.5 Å². The molecule has 0 fully saturated rings. The first-order valence-electron chi connectivity index (χ1n) is 8.23. The van der Waals surface area contributed by atoms with Gasteiger partial charge in [-0.25, -0.2) is 13.8 Å². The topological polar surface area (TPSA) is 70.3 Å². The number of esters is 1. The van der Waals surface area contributed by atoms with Crippen LogP contribution in [0.2, 0.25) is 5.02 Å². The number of carbonyl (C=O) groups excluding carboxylic acids is 1. The number of aromatic nitrogens is 2. The van der Waals surface area contributed by atoms with Gasteiger partial charge in [0.1, 0.15) is 12.4 Å². The summed E-state index contributed by atoms with van der Waals surface area (Å²) >= 11 is 6.00. The molecule has 140 valence electrons. The Balaban J connectivity index is 2.21. The van der Waals surface area contributed by atoms with Crippen LogP contribution in [0.4, 0.5) is 4.39 Å². The van der Waals surface area contributed by atoms with Crippen LogP contribution in [-0.2, 0) is 22.6 Å². The molecule has 1 heterocycles. The molecule has 3 aromatic rings. The van der Waals surface area contributed by atoms with Crippen molar-refractivity contribution in [3.63, 3.8) is 0 Å². The molecule has 1 aromatic heterocycles. The third-order valence-electron chi connectivity index (χ3n) is 4.03. The molecule has 0 radical (unpaired) electrons. The number of rotatable bonds is 5. The largest absolute Gasteiger partial charge is 0.465 e. The quantitative estimate of drug-likeness (QED) is 0.628. The second-order valence-corrected chi connectivity index (χ2v) is 6.29. The van der Waals surface area contributed by atoms with Crippen molar-refractivity contribution < 1.29 is 13.9 Å². The summed E-state index contributed by atoms with van der Waals surface area (Å²) in [5.74, 6) is -1.08. The maximum atomic E-state index is 13.2. The molecule has 27 heavy (non-hydrogen) atoms. The fraction of sp³-hybridized carbons (Fsp3) is 0.211. The van der Waals surface area contributed by atoms with Crippen molar-refractivity contribution in [1.82, 2.24) is 9.13 Å². The van der Waals surface area contributed by atoms with Crippen LogP contribution in [0.5, 0.6) is 0 Å². The zero-order valence-corrected chi connectivity index (χ0v) is 15.2. The summed E-state index contributed by atoms with van der Waals surface area (Å²) in [6.45, 7) is 1.36. The molecule has 0 aliphatic carbocycles. The average Bonchev–Trinajstić information content (AvgIpc) is 2.64. The van der Waals surface area contributed by atoms with Gasteiger partial charge in [0.05, 0.1) is 24.1 Å². The average molecular weight is 391 g/mol. The lowest BCUT2D eigenvalue weighted by Gasteiger charge is -2.14. The van der Waals surface area contributed by atoms with Gasteiger partial charge in [-0.1, -0.05) is 23.7 Å². The molecule has 0 aliphatic heterocycles. The summed E-state index contributed by atoms with van der Waals surface area (Å²) in [6, 6.07) is 10.2. The van der Waals surface area contributed by atoms with Crippen LogP contribution in [0.25, 0.3) is 10.9 Å². The maximum absolute atomic E-state index is 13.2. The van der Waals surface area contributed by atoms with Gasteiger partial charge < -0.3 is 4.74 Å². The molecule has 3 rings (SSSR count). The highest BCUT2D eigenvalue weighted by Crippen LogP contribution is 2.16. The summed E-state index contributed by atoms with van der Waals surface area (Å²) in [7, 11) is 0. The van der Waals surface area contributed by atoms with Crippen molar-refractivity contribution in [3.05, 3.63) is 79.7 Å². The minimum Gasteiger partial charge on any atom is -0.465 e. The zero-order valence-electron chi connectivity index (χ0n) is 14.4. The molecule has 0 saturated carbocycles. The Labute approximate surface area is 158 Å². The van der Waals surface area contributed by atoms with E-state index in [0.717, 1.165) is 4.57 Å². The predicted octanol–water partition coefficient (Wildman–Crippen LogP) is 2.57. The van der Waals surface area contributed by atoms with Gasteiger partial charge in [-0.3, -0.25) is 14.2 Å². The van der Waals surface area contributed by atoms with E-state index in [1.165, 1.54) is 22.8 Å². The molecule has 0 spiro atoms. The Bertz CT molecular complexity index is 1120. The minimum absolute atomic E-state index is 0.0976. The number of benzene rings is 2.